The summed E-state index contributed by atoms with van der Waals surface area (Å²) in [5, 5.41) is 3.18. The van der Waals surface area contributed by atoms with Crippen molar-refractivity contribution in [1.82, 2.24) is 15.2 Å². The van der Waals surface area contributed by atoms with Gasteiger partial charge in [-0.15, -0.1) is 0 Å². The second-order valence-corrected chi connectivity index (χ2v) is 6.01. The molecule has 1 amide bonds. The van der Waals surface area contributed by atoms with Crippen molar-refractivity contribution in [3.05, 3.63) is 66.0 Å². The molecule has 5 heteroatoms. The minimum Gasteiger partial charge on any atom is -0.379 e. The first-order valence-corrected chi connectivity index (χ1v) is 8.36. The fourth-order valence-corrected chi connectivity index (χ4v) is 2.93. The molecule has 0 spiro atoms. The molecule has 0 unspecified atom stereocenters. The SMILES string of the molecule is O=C(N[C@H](Cc1ccccc1)CN1CCOCC1)c1ccncc1. The van der Waals surface area contributed by atoms with Gasteiger partial charge in [-0.2, -0.15) is 0 Å². The largest absolute Gasteiger partial charge is 0.379 e. The van der Waals surface area contributed by atoms with Gasteiger partial charge in [0.1, 0.15) is 0 Å². The summed E-state index contributed by atoms with van der Waals surface area (Å²) in [6, 6.07) is 13.8. The highest BCUT2D eigenvalue weighted by atomic mass is 16.5. The van der Waals surface area contributed by atoms with Gasteiger partial charge in [0.25, 0.3) is 5.91 Å². The molecule has 1 atom stereocenters. The van der Waals surface area contributed by atoms with Gasteiger partial charge in [0.15, 0.2) is 0 Å². The smallest absolute Gasteiger partial charge is 0.251 e. The van der Waals surface area contributed by atoms with E-state index in [4.69, 9.17) is 4.74 Å². The first-order valence-electron chi connectivity index (χ1n) is 8.36. The van der Waals surface area contributed by atoms with E-state index < -0.39 is 0 Å². The van der Waals surface area contributed by atoms with Gasteiger partial charge >= 0.3 is 0 Å². The predicted octanol–water partition coefficient (Wildman–Crippen LogP) is 1.75. The van der Waals surface area contributed by atoms with E-state index in [0.717, 1.165) is 39.3 Å². The van der Waals surface area contributed by atoms with Crippen LogP contribution in [0.25, 0.3) is 0 Å². The summed E-state index contributed by atoms with van der Waals surface area (Å²) < 4.78 is 5.41. The highest BCUT2D eigenvalue weighted by Crippen LogP contribution is 2.08. The van der Waals surface area contributed by atoms with E-state index in [2.05, 4.69) is 27.3 Å². The van der Waals surface area contributed by atoms with E-state index in [0.29, 0.717) is 5.56 Å². The van der Waals surface area contributed by atoms with Crippen molar-refractivity contribution in [2.45, 2.75) is 12.5 Å². The standard InChI is InChI=1S/C19H23N3O2/c23-19(17-6-8-20-9-7-17)21-18(14-16-4-2-1-3-5-16)15-22-10-12-24-13-11-22/h1-9,18H,10-15H2,(H,21,23)/t18-/m1/s1. The number of pyridine rings is 1. The van der Waals surface area contributed by atoms with Crippen LogP contribution < -0.4 is 5.32 Å². The number of benzene rings is 1. The fourth-order valence-electron chi connectivity index (χ4n) is 2.93. The Morgan fingerprint density at radius 2 is 1.83 bits per heavy atom. The molecule has 1 saturated heterocycles. The molecule has 1 aliphatic heterocycles. The minimum absolute atomic E-state index is 0.0495. The van der Waals surface area contributed by atoms with Crippen LogP contribution in [0.4, 0.5) is 0 Å². The molecular formula is C19H23N3O2. The van der Waals surface area contributed by atoms with Crippen molar-refractivity contribution in [3.63, 3.8) is 0 Å². The topological polar surface area (TPSA) is 54.5 Å². The van der Waals surface area contributed by atoms with Gasteiger partial charge in [0, 0.05) is 43.6 Å². The number of carbonyl (C=O) groups excluding carboxylic acids is 1. The Morgan fingerprint density at radius 3 is 2.54 bits per heavy atom. The number of rotatable bonds is 6. The Balaban J connectivity index is 1.67. The molecule has 1 aromatic heterocycles. The molecule has 126 valence electrons. The summed E-state index contributed by atoms with van der Waals surface area (Å²) in [7, 11) is 0. The molecular weight excluding hydrogens is 302 g/mol. The van der Waals surface area contributed by atoms with Crippen molar-refractivity contribution >= 4 is 5.91 Å². The van der Waals surface area contributed by atoms with E-state index >= 15 is 0 Å². The number of morpholine rings is 1. The second-order valence-electron chi connectivity index (χ2n) is 6.01. The van der Waals surface area contributed by atoms with Crippen LogP contribution in [0.3, 0.4) is 0 Å². The van der Waals surface area contributed by atoms with E-state index in [9.17, 15) is 4.79 Å². The second kappa shape index (κ2) is 8.57. The number of nitrogens with zero attached hydrogens (tertiary/aromatic N) is 2. The number of hydrogen-bond donors (Lipinski definition) is 1. The van der Waals surface area contributed by atoms with Crippen molar-refractivity contribution in [3.8, 4) is 0 Å². The molecule has 1 aliphatic rings. The third-order valence-electron chi connectivity index (χ3n) is 4.18. The average Bonchev–Trinajstić information content (AvgIpc) is 2.64. The maximum atomic E-state index is 12.5. The number of aromatic nitrogens is 1. The molecule has 2 heterocycles. The zero-order valence-corrected chi connectivity index (χ0v) is 13.7. The molecule has 3 rings (SSSR count). The van der Waals surface area contributed by atoms with Crippen LogP contribution in [0.1, 0.15) is 15.9 Å². The zero-order chi connectivity index (χ0) is 16.6. The molecule has 1 fully saturated rings. The lowest BCUT2D eigenvalue weighted by atomic mass is 10.0. The van der Waals surface area contributed by atoms with Crippen molar-refractivity contribution in [2.75, 3.05) is 32.8 Å². The quantitative estimate of drug-likeness (QED) is 0.879. The van der Waals surface area contributed by atoms with E-state index in [1.54, 1.807) is 24.5 Å². The maximum Gasteiger partial charge on any atom is 0.251 e. The maximum absolute atomic E-state index is 12.5. The molecule has 0 saturated carbocycles. The molecule has 24 heavy (non-hydrogen) atoms. The van der Waals surface area contributed by atoms with Crippen LogP contribution in [0.2, 0.25) is 0 Å². The molecule has 0 aliphatic carbocycles. The summed E-state index contributed by atoms with van der Waals surface area (Å²) in [5.74, 6) is -0.0495. The van der Waals surface area contributed by atoms with Gasteiger partial charge in [-0.3, -0.25) is 14.7 Å². The molecule has 2 aromatic rings. The zero-order valence-electron chi connectivity index (χ0n) is 13.7. The van der Waals surface area contributed by atoms with Crippen molar-refractivity contribution in [2.24, 2.45) is 0 Å². The molecule has 0 radical (unpaired) electrons. The normalized spacial score (nSPS) is 16.5. The Kier molecular flexibility index (Phi) is 5.93. The molecule has 1 aromatic carbocycles. The van der Waals surface area contributed by atoms with Gasteiger partial charge in [-0.05, 0) is 24.1 Å². The number of hydrogen-bond acceptors (Lipinski definition) is 4. The lowest BCUT2D eigenvalue weighted by Crippen LogP contribution is -2.48. The summed E-state index contributed by atoms with van der Waals surface area (Å²) in [5.41, 5.74) is 1.87. The number of amides is 1. The lowest BCUT2D eigenvalue weighted by molar-refractivity contribution is 0.0333. The monoisotopic (exact) mass is 325 g/mol. The van der Waals surface area contributed by atoms with Crippen LogP contribution in [0.5, 0.6) is 0 Å². The Bertz CT molecular complexity index is 628. The highest BCUT2D eigenvalue weighted by molar-refractivity contribution is 5.94. The van der Waals surface area contributed by atoms with Crippen LogP contribution in [0.15, 0.2) is 54.9 Å². The Labute approximate surface area is 142 Å². The average molecular weight is 325 g/mol. The summed E-state index contributed by atoms with van der Waals surface area (Å²) >= 11 is 0. The Hall–Kier alpha value is -2.24. The van der Waals surface area contributed by atoms with Gasteiger partial charge in [-0.25, -0.2) is 0 Å². The van der Waals surface area contributed by atoms with Crippen LogP contribution in [0, 0.1) is 0 Å². The van der Waals surface area contributed by atoms with E-state index in [1.807, 2.05) is 18.2 Å². The van der Waals surface area contributed by atoms with Crippen LogP contribution in [-0.4, -0.2) is 54.7 Å². The number of ether oxygens (including phenoxy) is 1. The van der Waals surface area contributed by atoms with Gasteiger partial charge < -0.3 is 10.1 Å². The first-order chi connectivity index (χ1) is 11.8. The molecule has 5 nitrogen and oxygen atoms in total. The van der Waals surface area contributed by atoms with Crippen LogP contribution >= 0.6 is 0 Å². The van der Waals surface area contributed by atoms with E-state index in [1.165, 1.54) is 5.56 Å². The van der Waals surface area contributed by atoms with Gasteiger partial charge in [0.05, 0.1) is 13.2 Å². The lowest BCUT2D eigenvalue weighted by Gasteiger charge is -2.31. The van der Waals surface area contributed by atoms with Crippen molar-refractivity contribution < 1.29 is 9.53 Å². The van der Waals surface area contributed by atoms with Crippen molar-refractivity contribution in [1.29, 1.82) is 0 Å². The third-order valence-corrected chi connectivity index (χ3v) is 4.18. The number of carbonyl (C=O) groups is 1. The molecule has 0 bridgehead atoms. The van der Waals surface area contributed by atoms with Crippen LogP contribution in [-0.2, 0) is 11.2 Å². The third kappa shape index (κ3) is 4.88. The number of nitrogens with one attached hydrogen (secondary N) is 1. The molecule has 1 N–H and O–H groups in total. The summed E-state index contributed by atoms with van der Waals surface area (Å²) in [6.45, 7) is 4.18. The highest BCUT2D eigenvalue weighted by Gasteiger charge is 2.19. The predicted molar refractivity (Wildman–Crippen MR) is 92.9 cm³/mol. The van der Waals surface area contributed by atoms with E-state index in [-0.39, 0.29) is 11.9 Å². The summed E-state index contributed by atoms with van der Waals surface area (Å²) in [6.07, 6.45) is 4.10. The summed E-state index contributed by atoms with van der Waals surface area (Å²) in [4.78, 5) is 18.8. The minimum atomic E-state index is -0.0495. The van der Waals surface area contributed by atoms with Gasteiger partial charge in [0.2, 0.25) is 0 Å². The first kappa shape index (κ1) is 16.6. The Morgan fingerprint density at radius 1 is 1.12 bits per heavy atom. The van der Waals surface area contributed by atoms with Gasteiger partial charge in [-0.1, -0.05) is 30.3 Å². The fraction of sp³-hybridized carbons (Fsp3) is 0.368.